The third kappa shape index (κ3) is 3.60. The fourth-order valence-corrected chi connectivity index (χ4v) is 4.40. The molecule has 0 amide bonds. The van der Waals surface area contributed by atoms with Crippen molar-refractivity contribution in [2.45, 2.75) is 25.4 Å². The molecule has 0 N–H and O–H groups in total. The van der Waals surface area contributed by atoms with E-state index in [1.807, 2.05) is 31.1 Å². The van der Waals surface area contributed by atoms with Crippen LogP contribution < -0.4 is 9.80 Å². The lowest BCUT2D eigenvalue weighted by atomic mass is 9.92. The van der Waals surface area contributed by atoms with E-state index >= 15 is 0 Å². The van der Waals surface area contributed by atoms with Crippen LogP contribution in [0.25, 0.3) is 0 Å². The predicted molar refractivity (Wildman–Crippen MR) is 107 cm³/mol. The molecule has 0 spiro atoms. The minimum absolute atomic E-state index is 0.548. The maximum atomic E-state index is 8.99. The molecule has 0 saturated carbocycles. The molecule has 6 heteroatoms. The molecule has 2 saturated heterocycles. The second-order valence-electron chi connectivity index (χ2n) is 7.73. The Morgan fingerprint density at radius 1 is 1.11 bits per heavy atom. The van der Waals surface area contributed by atoms with E-state index in [0.717, 1.165) is 49.3 Å². The summed E-state index contributed by atoms with van der Waals surface area (Å²) in [6, 6.07) is 10.7. The summed E-state index contributed by atoms with van der Waals surface area (Å²) in [5.74, 6) is 2.69. The van der Waals surface area contributed by atoms with Gasteiger partial charge in [0.15, 0.2) is 11.6 Å². The topological polar surface area (TPSA) is 59.3 Å². The predicted octanol–water partition coefficient (Wildman–Crippen LogP) is 2.52. The first-order valence-electron chi connectivity index (χ1n) is 9.62. The number of piperidine rings is 1. The molecule has 0 radical (unpaired) electrons. The number of benzene rings is 1. The fraction of sp³-hybridized carbons (Fsp3) is 0.476. The molecule has 27 heavy (non-hydrogen) atoms. The van der Waals surface area contributed by atoms with Crippen LogP contribution in [0, 0.1) is 17.2 Å². The van der Waals surface area contributed by atoms with Crippen molar-refractivity contribution in [2.24, 2.45) is 5.92 Å². The molecule has 0 bridgehead atoms. The number of nitriles is 1. The normalized spacial score (nSPS) is 22.3. The zero-order chi connectivity index (χ0) is 18.8. The summed E-state index contributed by atoms with van der Waals surface area (Å²) in [4.78, 5) is 16.2. The van der Waals surface area contributed by atoms with Crippen LogP contribution in [0.4, 0.5) is 11.6 Å². The van der Waals surface area contributed by atoms with Crippen LogP contribution in [0.1, 0.15) is 24.0 Å². The summed E-state index contributed by atoms with van der Waals surface area (Å²) < 4.78 is 0. The van der Waals surface area contributed by atoms with Crippen molar-refractivity contribution in [3.63, 3.8) is 0 Å². The van der Waals surface area contributed by atoms with Gasteiger partial charge < -0.3 is 9.80 Å². The lowest BCUT2D eigenvalue weighted by Crippen LogP contribution is -2.48. The van der Waals surface area contributed by atoms with Gasteiger partial charge in [0.2, 0.25) is 0 Å². The molecule has 3 heterocycles. The molecule has 2 atom stereocenters. The van der Waals surface area contributed by atoms with E-state index in [1.54, 1.807) is 12.4 Å². The third-order valence-corrected chi connectivity index (χ3v) is 5.83. The SMILES string of the molecule is CN(C)c1nccnc1N1CCC2CCN(Cc3ccc(C#N)cc3)C2C1. The van der Waals surface area contributed by atoms with E-state index in [9.17, 15) is 0 Å². The number of hydrogen-bond acceptors (Lipinski definition) is 6. The summed E-state index contributed by atoms with van der Waals surface area (Å²) in [6.45, 7) is 4.14. The lowest BCUT2D eigenvalue weighted by Gasteiger charge is -2.39. The molecular formula is C21H26N6. The van der Waals surface area contributed by atoms with Gasteiger partial charge >= 0.3 is 0 Å². The Bertz CT molecular complexity index is 825. The average molecular weight is 362 g/mol. The second kappa shape index (κ2) is 7.53. The second-order valence-corrected chi connectivity index (χ2v) is 7.73. The van der Waals surface area contributed by atoms with Gasteiger partial charge in [-0.2, -0.15) is 5.26 Å². The monoisotopic (exact) mass is 362 g/mol. The highest BCUT2D eigenvalue weighted by Gasteiger charge is 2.39. The summed E-state index contributed by atoms with van der Waals surface area (Å²) >= 11 is 0. The number of nitrogens with zero attached hydrogens (tertiary/aromatic N) is 6. The number of anilines is 2. The first-order chi connectivity index (χ1) is 13.2. The van der Waals surface area contributed by atoms with E-state index in [0.29, 0.717) is 6.04 Å². The van der Waals surface area contributed by atoms with E-state index in [-0.39, 0.29) is 0 Å². The molecule has 2 fully saturated rings. The van der Waals surface area contributed by atoms with Crippen LogP contribution in [0.15, 0.2) is 36.7 Å². The molecule has 1 aromatic carbocycles. The molecule has 0 aliphatic carbocycles. The van der Waals surface area contributed by atoms with Crippen LogP contribution >= 0.6 is 0 Å². The summed E-state index contributed by atoms with van der Waals surface area (Å²) in [5, 5.41) is 8.99. The number of hydrogen-bond donors (Lipinski definition) is 0. The molecule has 4 rings (SSSR count). The largest absolute Gasteiger partial charge is 0.360 e. The Kier molecular flexibility index (Phi) is 4.95. The maximum absolute atomic E-state index is 8.99. The van der Waals surface area contributed by atoms with Crippen molar-refractivity contribution < 1.29 is 0 Å². The van der Waals surface area contributed by atoms with Crippen LogP contribution in [-0.4, -0.2) is 54.6 Å². The van der Waals surface area contributed by atoms with E-state index in [2.05, 4.69) is 38.0 Å². The standard InChI is InChI=1S/C21H26N6/c1-25(2)20-21(24-10-9-23-20)27-12-8-18-7-11-26(19(18)15-27)14-17-5-3-16(13-22)4-6-17/h3-6,9-10,18-19H,7-8,11-12,14-15H2,1-2H3. The Hall–Kier alpha value is -2.65. The Balaban J connectivity index is 1.50. The number of rotatable bonds is 4. The maximum Gasteiger partial charge on any atom is 0.172 e. The molecule has 2 unspecified atom stereocenters. The van der Waals surface area contributed by atoms with Crippen molar-refractivity contribution in [1.82, 2.24) is 14.9 Å². The summed E-state index contributed by atoms with van der Waals surface area (Å²) in [6.07, 6.45) is 6.03. The van der Waals surface area contributed by atoms with Gasteiger partial charge in [0.25, 0.3) is 0 Å². The van der Waals surface area contributed by atoms with Gasteiger partial charge in [-0.25, -0.2) is 9.97 Å². The molecule has 2 aromatic rings. The zero-order valence-electron chi connectivity index (χ0n) is 16.0. The van der Waals surface area contributed by atoms with Gasteiger partial charge in [-0.05, 0) is 43.0 Å². The van der Waals surface area contributed by atoms with Crippen LogP contribution in [0.2, 0.25) is 0 Å². The number of aromatic nitrogens is 2. The van der Waals surface area contributed by atoms with Crippen LogP contribution in [-0.2, 0) is 6.54 Å². The highest BCUT2D eigenvalue weighted by atomic mass is 15.3. The highest BCUT2D eigenvalue weighted by molar-refractivity contribution is 5.61. The molecular weight excluding hydrogens is 336 g/mol. The van der Waals surface area contributed by atoms with Crippen molar-refractivity contribution in [1.29, 1.82) is 5.26 Å². The van der Waals surface area contributed by atoms with Gasteiger partial charge in [-0.1, -0.05) is 12.1 Å². The minimum atomic E-state index is 0.548. The molecule has 2 aliphatic rings. The summed E-state index contributed by atoms with van der Waals surface area (Å²) in [5.41, 5.74) is 2.00. The Labute approximate surface area is 161 Å². The number of likely N-dealkylation sites (tertiary alicyclic amines) is 1. The van der Waals surface area contributed by atoms with Crippen molar-refractivity contribution in [3.8, 4) is 6.07 Å². The first kappa shape index (κ1) is 17.7. The molecule has 2 aliphatic heterocycles. The minimum Gasteiger partial charge on any atom is -0.360 e. The quantitative estimate of drug-likeness (QED) is 0.833. The van der Waals surface area contributed by atoms with Gasteiger partial charge in [-0.3, -0.25) is 4.90 Å². The molecule has 140 valence electrons. The van der Waals surface area contributed by atoms with Gasteiger partial charge in [0, 0.05) is 52.2 Å². The fourth-order valence-electron chi connectivity index (χ4n) is 4.40. The smallest absolute Gasteiger partial charge is 0.172 e. The highest BCUT2D eigenvalue weighted by Crippen LogP contribution is 2.35. The van der Waals surface area contributed by atoms with E-state index in [1.165, 1.54) is 18.4 Å². The van der Waals surface area contributed by atoms with Gasteiger partial charge in [0.1, 0.15) is 0 Å². The van der Waals surface area contributed by atoms with E-state index in [4.69, 9.17) is 5.26 Å². The molecule has 1 aromatic heterocycles. The van der Waals surface area contributed by atoms with Crippen LogP contribution in [0.5, 0.6) is 0 Å². The van der Waals surface area contributed by atoms with Crippen molar-refractivity contribution in [2.75, 3.05) is 43.5 Å². The van der Waals surface area contributed by atoms with Crippen LogP contribution in [0.3, 0.4) is 0 Å². The van der Waals surface area contributed by atoms with Crippen molar-refractivity contribution in [3.05, 3.63) is 47.8 Å². The summed E-state index contributed by atoms with van der Waals surface area (Å²) in [7, 11) is 4.04. The first-order valence-corrected chi connectivity index (χ1v) is 9.62. The van der Waals surface area contributed by atoms with Crippen molar-refractivity contribution >= 4 is 11.6 Å². The Morgan fingerprint density at radius 3 is 2.59 bits per heavy atom. The third-order valence-electron chi connectivity index (χ3n) is 5.83. The average Bonchev–Trinajstić information content (AvgIpc) is 3.10. The zero-order valence-corrected chi connectivity index (χ0v) is 16.0. The Morgan fingerprint density at radius 2 is 1.85 bits per heavy atom. The molecule has 6 nitrogen and oxygen atoms in total. The number of fused-ring (bicyclic) bond motifs is 1. The van der Waals surface area contributed by atoms with Gasteiger partial charge in [0.05, 0.1) is 11.6 Å². The van der Waals surface area contributed by atoms with Gasteiger partial charge in [-0.15, -0.1) is 0 Å². The lowest BCUT2D eigenvalue weighted by molar-refractivity contribution is 0.200. The van der Waals surface area contributed by atoms with E-state index < -0.39 is 0 Å².